The third-order valence-corrected chi connectivity index (χ3v) is 4.77. The van der Waals surface area contributed by atoms with Gasteiger partial charge in [-0.25, -0.2) is 4.68 Å². The minimum Gasteiger partial charge on any atom is -0.493 e. The van der Waals surface area contributed by atoms with E-state index in [4.69, 9.17) is 9.47 Å². The van der Waals surface area contributed by atoms with Crippen molar-refractivity contribution < 1.29 is 14.3 Å². The van der Waals surface area contributed by atoms with Crippen LogP contribution in [0.25, 0.3) is 10.8 Å². The first kappa shape index (κ1) is 20.4. The van der Waals surface area contributed by atoms with Crippen LogP contribution in [0.2, 0.25) is 0 Å². The third kappa shape index (κ3) is 4.74. The van der Waals surface area contributed by atoms with Crippen molar-refractivity contribution in [1.82, 2.24) is 15.1 Å². The van der Waals surface area contributed by atoms with Crippen molar-refractivity contribution in [1.29, 1.82) is 0 Å². The van der Waals surface area contributed by atoms with Gasteiger partial charge in [-0.3, -0.25) is 9.59 Å². The largest absolute Gasteiger partial charge is 0.493 e. The minimum atomic E-state index is -0.398. The zero-order chi connectivity index (χ0) is 20.8. The molecule has 29 heavy (non-hydrogen) atoms. The quantitative estimate of drug-likeness (QED) is 0.634. The number of methoxy groups -OCH3 is 2. The normalized spacial score (nSPS) is 11.8. The van der Waals surface area contributed by atoms with Gasteiger partial charge < -0.3 is 14.8 Å². The van der Waals surface area contributed by atoms with Gasteiger partial charge in [0.2, 0.25) is 5.91 Å². The molecule has 0 aliphatic heterocycles. The van der Waals surface area contributed by atoms with E-state index in [9.17, 15) is 9.59 Å². The summed E-state index contributed by atoms with van der Waals surface area (Å²) >= 11 is 0. The predicted octanol–water partition coefficient (Wildman–Crippen LogP) is 2.55. The van der Waals surface area contributed by atoms with Gasteiger partial charge in [0.05, 0.1) is 25.8 Å². The number of hydrogen-bond donors (Lipinski definition) is 1. The molecular formula is C22H25N3O4. The summed E-state index contributed by atoms with van der Waals surface area (Å²) in [7, 11) is 2.98. The van der Waals surface area contributed by atoms with Crippen LogP contribution in [-0.2, 0) is 17.8 Å². The Bertz CT molecular complexity index is 1050. The molecular weight excluding hydrogens is 370 g/mol. The number of nitrogens with zero attached hydrogens (tertiary/aromatic N) is 2. The van der Waals surface area contributed by atoms with Gasteiger partial charge in [-0.15, -0.1) is 0 Å². The molecule has 0 aliphatic carbocycles. The van der Waals surface area contributed by atoms with Crippen molar-refractivity contribution in [2.24, 2.45) is 0 Å². The molecule has 0 fully saturated rings. The fraction of sp³-hybridized carbons (Fsp3) is 0.318. The molecule has 0 bridgehead atoms. The number of nitrogens with one attached hydrogen (secondary N) is 1. The predicted molar refractivity (Wildman–Crippen MR) is 111 cm³/mol. The monoisotopic (exact) mass is 395 g/mol. The summed E-state index contributed by atoms with van der Waals surface area (Å²) in [5.74, 6) is 0.526. The van der Waals surface area contributed by atoms with Crippen molar-refractivity contribution >= 4 is 16.7 Å². The summed E-state index contributed by atoms with van der Waals surface area (Å²) < 4.78 is 11.8. The number of aryl methyl sites for hydroxylation is 1. The lowest BCUT2D eigenvalue weighted by Crippen LogP contribution is -2.38. The van der Waals surface area contributed by atoms with Crippen LogP contribution in [0.3, 0.4) is 0 Å². The summed E-state index contributed by atoms with van der Waals surface area (Å²) in [6, 6.07) is 13.5. The maximum Gasteiger partial charge on any atom is 0.279 e. The van der Waals surface area contributed by atoms with Gasteiger partial charge in [0.15, 0.2) is 11.5 Å². The highest BCUT2D eigenvalue weighted by Crippen LogP contribution is 2.32. The zero-order valence-electron chi connectivity index (χ0n) is 16.8. The van der Waals surface area contributed by atoms with Crippen molar-refractivity contribution in [2.75, 3.05) is 14.2 Å². The van der Waals surface area contributed by atoms with Crippen molar-refractivity contribution in [3.8, 4) is 11.5 Å². The summed E-state index contributed by atoms with van der Waals surface area (Å²) in [5.41, 5.74) is 0.826. The fourth-order valence-corrected chi connectivity index (χ4v) is 3.25. The Morgan fingerprint density at radius 3 is 2.59 bits per heavy atom. The van der Waals surface area contributed by atoms with Crippen LogP contribution in [0, 0.1) is 0 Å². The molecule has 1 aromatic heterocycles. The average Bonchev–Trinajstić information content (AvgIpc) is 2.74. The standard InChI is InChI=1S/C22H25N3O4/c1-15(9-10-16-7-5-4-6-8-16)24-19(26)14-25-22(27)20-17(13-23-25)11-12-18(28-2)21(20)29-3/h4-8,11-13,15H,9-10,14H2,1-3H3,(H,24,26)/t15-/m1/s1. The van der Waals surface area contributed by atoms with E-state index in [1.54, 1.807) is 18.3 Å². The van der Waals surface area contributed by atoms with Crippen LogP contribution in [0.5, 0.6) is 11.5 Å². The number of ether oxygens (including phenoxy) is 2. The second-order valence-corrected chi connectivity index (χ2v) is 6.87. The number of benzene rings is 2. The lowest BCUT2D eigenvalue weighted by molar-refractivity contribution is -0.122. The molecule has 7 heteroatoms. The smallest absolute Gasteiger partial charge is 0.279 e. The Hall–Kier alpha value is -3.35. The molecule has 3 rings (SSSR count). The molecule has 152 valence electrons. The van der Waals surface area contributed by atoms with E-state index < -0.39 is 5.56 Å². The van der Waals surface area contributed by atoms with Crippen molar-refractivity contribution in [3.63, 3.8) is 0 Å². The molecule has 1 N–H and O–H groups in total. The Balaban J connectivity index is 1.71. The summed E-state index contributed by atoms with van der Waals surface area (Å²) in [6.45, 7) is 1.79. The Kier molecular flexibility index (Phi) is 6.49. The van der Waals surface area contributed by atoms with Gasteiger partial charge in [-0.05, 0) is 37.5 Å². The van der Waals surface area contributed by atoms with Gasteiger partial charge in [-0.1, -0.05) is 30.3 Å². The number of fused-ring (bicyclic) bond motifs is 1. The molecule has 2 aromatic carbocycles. The van der Waals surface area contributed by atoms with Gasteiger partial charge in [0.25, 0.3) is 5.56 Å². The minimum absolute atomic E-state index is 0.0199. The molecule has 1 heterocycles. The summed E-state index contributed by atoms with van der Waals surface area (Å²) in [5, 5.41) is 8.02. The molecule has 1 atom stereocenters. The third-order valence-electron chi connectivity index (χ3n) is 4.77. The molecule has 0 aliphatic rings. The van der Waals surface area contributed by atoms with Crippen LogP contribution >= 0.6 is 0 Å². The molecule has 0 radical (unpaired) electrons. The maximum absolute atomic E-state index is 12.9. The van der Waals surface area contributed by atoms with E-state index in [1.807, 2.05) is 25.1 Å². The van der Waals surface area contributed by atoms with E-state index in [2.05, 4.69) is 22.5 Å². The summed E-state index contributed by atoms with van der Waals surface area (Å²) in [4.78, 5) is 25.3. The lowest BCUT2D eigenvalue weighted by Gasteiger charge is -2.15. The molecule has 1 amide bonds. The van der Waals surface area contributed by atoms with Crippen LogP contribution in [0.4, 0.5) is 0 Å². The van der Waals surface area contributed by atoms with Crippen LogP contribution < -0.4 is 20.3 Å². The van der Waals surface area contributed by atoms with Gasteiger partial charge >= 0.3 is 0 Å². The molecule has 0 unspecified atom stereocenters. The highest BCUT2D eigenvalue weighted by atomic mass is 16.5. The van der Waals surface area contributed by atoms with Crippen molar-refractivity contribution in [2.45, 2.75) is 32.4 Å². The van der Waals surface area contributed by atoms with Gasteiger partial charge in [0.1, 0.15) is 6.54 Å². The number of hydrogen-bond acceptors (Lipinski definition) is 5. The molecule has 0 spiro atoms. The van der Waals surface area contributed by atoms with E-state index in [0.29, 0.717) is 22.3 Å². The number of carbonyl (C=O) groups is 1. The Morgan fingerprint density at radius 2 is 1.90 bits per heavy atom. The Morgan fingerprint density at radius 1 is 1.14 bits per heavy atom. The lowest BCUT2D eigenvalue weighted by atomic mass is 10.1. The SMILES string of the molecule is COc1ccc2cnn(CC(=O)N[C@H](C)CCc3ccccc3)c(=O)c2c1OC. The average molecular weight is 395 g/mol. The van der Waals surface area contributed by atoms with Crippen LogP contribution in [0.1, 0.15) is 18.9 Å². The summed E-state index contributed by atoms with van der Waals surface area (Å²) in [6.07, 6.45) is 3.22. The molecule has 0 saturated carbocycles. The fourth-order valence-electron chi connectivity index (χ4n) is 3.25. The van der Waals surface area contributed by atoms with E-state index in [-0.39, 0.29) is 18.5 Å². The second-order valence-electron chi connectivity index (χ2n) is 6.87. The second kappa shape index (κ2) is 9.23. The Labute approximate surface area is 169 Å². The number of aromatic nitrogens is 2. The topological polar surface area (TPSA) is 82.5 Å². The van der Waals surface area contributed by atoms with Crippen molar-refractivity contribution in [3.05, 3.63) is 64.6 Å². The van der Waals surface area contributed by atoms with Gasteiger partial charge in [-0.2, -0.15) is 5.10 Å². The molecule has 7 nitrogen and oxygen atoms in total. The molecule has 3 aromatic rings. The first-order valence-corrected chi connectivity index (χ1v) is 9.47. The number of amides is 1. The van der Waals surface area contributed by atoms with Crippen LogP contribution in [0.15, 0.2) is 53.5 Å². The number of carbonyl (C=O) groups excluding carboxylic acids is 1. The number of rotatable bonds is 8. The highest BCUT2D eigenvalue weighted by Gasteiger charge is 2.16. The molecule has 0 saturated heterocycles. The van der Waals surface area contributed by atoms with E-state index in [1.165, 1.54) is 19.8 Å². The van der Waals surface area contributed by atoms with E-state index >= 15 is 0 Å². The first-order valence-electron chi connectivity index (χ1n) is 9.47. The van der Waals surface area contributed by atoms with Gasteiger partial charge in [0, 0.05) is 11.4 Å². The van der Waals surface area contributed by atoms with Crippen LogP contribution in [-0.4, -0.2) is 35.9 Å². The maximum atomic E-state index is 12.9. The first-order chi connectivity index (χ1) is 14.0. The zero-order valence-corrected chi connectivity index (χ0v) is 16.8. The highest BCUT2D eigenvalue weighted by molar-refractivity contribution is 5.89. The van der Waals surface area contributed by atoms with E-state index in [0.717, 1.165) is 17.5 Å².